The number of amides is 1. The van der Waals surface area contributed by atoms with Crippen LogP contribution < -0.4 is 11.1 Å². The van der Waals surface area contributed by atoms with Crippen LogP contribution in [0.4, 0.5) is 4.79 Å². The molecular formula is C48H64Cl2N6O10. The highest BCUT2D eigenvalue weighted by molar-refractivity contribution is 5.88. The maximum absolute atomic E-state index is 12.8. The lowest BCUT2D eigenvalue weighted by Crippen LogP contribution is -2.57. The van der Waals surface area contributed by atoms with Crippen molar-refractivity contribution in [3.8, 4) is 0 Å². The van der Waals surface area contributed by atoms with Crippen LogP contribution in [0.2, 0.25) is 0 Å². The van der Waals surface area contributed by atoms with Crippen molar-refractivity contribution in [3.63, 3.8) is 0 Å². The summed E-state index contributed by atoms with van der Waals surface area (Å²) >= 11 is 0. The molecule has 0 aliphatic heterocycles. The Morgan fingerprint density at radius 2 is 1.08 bits per heavy atom. The fourth-order valence-corrected chi connectivity index (χ4v) is 7.06. The van der Waals surface area contributed by atoms with Gasteiger partial charge in [0.25, 0.3) is 0 Å². The number of ether oxygens (including phenoxy) is 5. The Morgan fingerprint density at radius 3 is 1.48 bits per heavy atom. The molecule has 2 aromatic carbocycles. The van der Waals surface area contributed by atoms with E-state index in [0.717, 1.165) is 67.3 Å². The van der Waals surface area contributed by atoms with Gasteiger partial charge in [0.2, 0.25) is 13.6 Å². The Hall–Kier alpha value is -5.97. The molecule has 2 heterocycles. The van der Waals surface area contributed by atoms with Gasteiger partial charge in [-0.3, -0.25) is 0 Å². The van der Waals surface area contributed by atoms with Crippen LogP contribution in [0, 0.1) is 0 Å². The smallest absolute Gasteiger partial charge is 0.408 e. The second-order valence-corrected chi connectivity index (χ2v) is 16.6. The van der Waals surface area contributed by atoms with Crippen LogP contribution in [0.3, 0.4) is 0 Å². The number of benzene rings is 2. The van der Waals surface area contributed by atoms with Crippen molar-refractivity contribution in [3.05, 3.63) is 120 Å². The number of hydrogen-bond acceptors (Lipinski definition) is 13. The highest BCUT2D eigenvalue weighted by Gasteiger charge is 2.43. The SMILES string of the molecule is C.CC(C)(C)OC(=O)NC1(C(=O)OCOC(=O)/C=C/c2ccc(Cn3ccnc3)cc2)CCCCC1.Cl.Cl.NC1(C(=O)OCOC(=O)/C=C/c2ccc(Cn3ccnc3)cc2)CCCCC1. The first kappa shape index (κ1) is 56.2. The van der Waals surface area contributed by atoms with E-state index in [-0.39, 0.29) is 32.2 Å². The molecule has 1 amide bonds. The van der Waals surface area contributed by atoms with Crippen molar-refractivity contribution in [2.45, 2.75) is 122 Å². The molecule has 4 aromatic rings. The van der Waals surface area contributed by atoms with Gasteiger partial charge in [-0.1, -0.05) is 94.5 Å². The number of carbonyl (C=O) groups is 5. The van der Waals surface area contributed by atoms with E-state index in [2.05, 4.69) is 15.3 Å². The largest absolute Gasteiger partial charge is 0.444 e. The van der Waals surface area contributed by atoms with Crippen molar-refractivity contribution in [2.75, 3.05) is 13.6 Å². The molecule has 16 nitrogen and oxygen atoms in total. The van der Waals surface area contributed by atoms with Gasteiger partial charge in [-0.25, -0.2) is 33.9 Å². The Bertz CT molecular complexity index is 2140. The summed E-state index contributed by atoms with van der Waals surface area (Å²) < 4.78 is 29.4. The first-order chi connectivity index (χ1) is 30.2. The summed E-state index contributed by atoms with van der Waals surface area (Å²) in [6.07, 6.45) is 23.5. The van der Waals surface area contributed by atoms with E-state index in [1.807, 2.05) is 70.1 Å². The molecule has 6 rings (SSSR count). The van der Waals surface area contributed by atoms with Gasteiger partial charge in [-0.2, -0.15) is 0 Å². The molecule has 2 saturated carbocycles. The quantitative estimate of drug-likeness (QED) is 0.0498. The minimum Gasteiger partial charge on any atom is -0.444 e. The number of nitrogens with zero attached hydrogens (tertiary/aromatic N) is 4. The van der Waals surface area contributed by atoms with Crippen molar-refractivity contribution >= 4 is 66.9 Å². The molecule has 2 aromatic heterocycles. The van der Waals surface area contributed by atoms with E-state index >= 15 is 0 Å². The first-order valence-corrected chi connectivity index (χ1v) is 21.1. The number of alkyl carbamates (subject to hydrolysis) is 1. The normalized spacial score (nSPS) is 15.0. The number of hydrogen-bond donors (Lipinski definition) is 2. The average Bonchev–Trinajstić information content (AvgIpc) is 3.98. The topological polar surface area (TPSA) is 205 Å². The Labute approximate surface area is 399 Å². The zero-order valence-electron chi connectivity index (χ0n) is 37.1. The highest BCUT2D eigenvalue weighted by Crippen LogP contribution is 2.30. The maximum Gasteiger partial charge on any atom is 0.408 e. The molecule has 0 bridgehead atoms. The maximum atomic E-state index is 12.8. The molecule has 66 heavy (non-hydrogen) atoms. The molecule has 0 atom stereocenters. The Morgan fingerprint density at radius 1 is 0.652 bits per heavy atom. The summed E-state index contributed by atoms with van der Waals surface area (Å²) in [6.45, 7) is 5.74. The lowest BCUT2D eigenvalue weighted by Gasteiger charge is -2.35. The van der Waals surface area contributed by atoms with Crippen LogP contribution in [0.25, 0.3) is 12.2 Å². The third kappa shape index (κ3) is 18.9. The number of imidazole rings is 2. The third-order valence-electron chi connectivity index (χ3n) is 10.4. The lowest BCUT2D eigenvalue weighted by molar-refractivity contribution is -0.171. The number of rotatable bonds is 15. The summed E-state index contributed by atoms with van der Waals surface area (Å²) in [7, 11) is 0. The van der Waals surface area contributed by atoms with E-state index in [0.29, 0.717) is 32.2 Å². The minimum atomic E-state index is -1.18. The van der Waals surface area contributed by atoms with Gasteiger partial charge < -0.3 is 43.9 Å². The lowest BCUT2D eigenvalue weighted by atomic mass is 9.82. The number of carbonyl (C=O) groups excluding carboxylic acids is 5. The zero-order chi connectivity index (χ0) is 45.1. The van der Waals surface area contributed by atoms with Gasteiger partial charge in [0.15, 0.2) is 0 Å². The molecule has 0 saturated heterocycles. The van der Waals surface area contributed by atoms with Crippen LogP contribution in [-0.4, -0.2) is 79.3 Å². The number of aromatic nitrogens is 4. The van der Waals surface area contributed by atoms with Crippen molar-refractivity contribution < 1.29 is 47.7 Å². The van der Waals surface area contributed by atoms with E-state index in [1.165, 1.54) is 12.2 Å². The minimum absolute atomic E-state index is 0. The van der Waals surface area contributed by atoms with E-state index < -0.39 is 60.2 Å². The predicted molar refractivity (Wildman–Crippen MR) is 254 cm³/mol. The summed E-state index contributed by atoms with van der Waals surface area (Å²) in [4.78, 5) is 69.1. The summed E-state index contributed by atoms with van der Waals surface area (Å²) in [5.74, 6) is -2.35. The predicted octanol–water partition coefficient (Wildman–Crippen LogP) is 8.35. The fourth-order valence-electron chi connectivity index (χ4n) is 7.06. The molecular weight excluding hydrogens is 891 g/mol. The van der Waals surface area contributed by atoms with Crippen LogP contribution in [0.15, 0.2) is 98.1 Å². The molecule has 3 N–H and O–H groups in total. The van der Waals surface area contributed by atoms with Crippen LogP contribution in [0.1, 0.15) is 115 Å². The molecule has 2 aliphatic carbocycles. The number of halogens is 2. The number of nitrogens with one attached hydrogen (secondary N) is 1. The molecule has 0 radical (unpaired) electrons. The average molecular weight is 956 g/mol. The summed E-state index contributed by atoms with van der Waals surface area (Å²) in [5.41, 5.74) is 7.19. The first-order valence-electron chi connectivity index (χ1n) is 21.1. The zero-order valence-corrected chi connectivity index (χ0v) is 38.7. The number of esters is 4. The molecule has 2 aliphatic rings. The van der Waals surface area contributed by atoms with Crippen molar-refractivity contribution in [2.24, 2.45) is 5.73 Å². The van der Waals surface area contributed by atoms with Gasteiger partial charge in [0, 0.05) is 50.0 Å². The van der Waals surface area contributed by atoms with Crippen molar-refractivity contribution in [1.29, 1.82) is 0 Å². The monoisotopic (exact) mass is 954 g/mol. The van der Waals surface area contributed by atoms with Crippen LogP contribution in [0.5, 0.6) is 0 Å². The van der Waals surface area contributed by atoms with Gasteiger partial charge in [0.05, 0.1) is 12.7 Å². The molecule has 360 valence electrons. The van der Waals surface area contributed by atoms with Gasteiger partial charge >= 0.3 is 30.0 Å². The molecule has 18 heteroatoms. The third-order valence-corrected chi connectivity index (χ3v) is 10.4. The number of nitrogens with two attached hydrogens (primary N) is 1. The van der Waals surface area contributed by atoms with Gasteiger partial charge in [-0.05, 0) is 80.9 Å². The van der Waals surface area contributed by atoms with Gasteiger partial charge in [0.1, 0.15) is 16.7 Å². The van der Waals surface area contributed by atoms with Crippen molar-refractivity contribution in [1.82, 2.24) is 24.4 Å². The second kappa shape index (κ2) is 27.5. The molecule has 0 unspecified atom stereocenters. The molecule has 0 spiro atoms. The summed E-state index contributed by atoms with van der Waals surface area (Å²) in [5, 5.41) is 2.70. The van der Waals surface area contributed by atoms with E-state index in [4.69, 9.17) is 29.4 Å². The Balaban J connectivity index is 0.000000443. The summed E-state index contributed by atoms with van der Waals surface area (Å²) in [6, 6.07) is 15.5. The standard InChI is InChI=1S/C26H33N3O6.C21H25N3O4.CH4.2ClH/c1-25(2,3)35-24(32)28-26(13-5-4-6-14-26)23(31)34-19-33-22(30)12-11-20-7-9-21(10-8-20)17-29-16-15-27-18-29;22-21(10-2-1-3-11-21)20(26)28-16-27-19(25)9-8-17-4-6-18(7-5-17)14-24-13-12-23-15-24;;;/h7-12,15-16,18H,4-6,13-14,17,19H2,1-3H3,(H,28,32);4-9,12-13,15H,1-3,10-11,14,16,22H2;1H4;2*1H/b12-11+;9-8+;;;. The fraction of sp³-hybridized carbons (Fsp3) is 0.438. The second-order valence-electron chi connectivity index (χ2n) is 16.6. The van der Waals surface area contributed by atoms with E-state index in [1.54, 1.807) is 58.0 Å². The highest BCUT2D eigenvalue weighted by atomic mass is 35.5. The Kier molecular flexibility index (Phi) is 23.4. The van der Waals surface area contributed by atoms with Crippen LogP contribution >= 0.6 is 24.8 Å². The van der Waals surface area contributed by atoms with E-state index in [9.17, 15) is 24.0 Å². The van der Waals surface area contributed by atoms with Crippen LogP contribution in [-0.2, 0) is 56.0 Å². The van der Waals surface area contributed by atoms with Gasteiger partial charge in [-0.15, -0.1) is 24.8 Å². The molecule has 2 fully saturated rings.